The van der Waals surface area contributed by atoms with Crippen molar-refractivity contribution in [2.45, 2.75) is 19.4 Å². The molecular formula is C18H17F2N5O. The van der Waals surface area contributed by atoms with Gasteiger partial charge in [0.05, 0.1) is 5.69 Å². The maximum Gasteiger partial charge on any atom is 0.333 e. The lowest BCUT2D eigenvalue weighted by Gasteiger charge is -2.19. The number of benzene rings is 1. The van der Waals surface area contributed by atoms with Gasteiger partial charge in [0.15, 0.2) is 5.69 Å². The van der Waals surface area contributed by atoms with E-state index >= 15 is 0 Å². The summed E-state index contributed by atoms with van der Waals surface area (Å²) in [7, 11) is 0. The Morgan fingerprint density at radius 3 is 2.62 bits per heavy atom. The first-order valence-electron chi connectivity index (χ1n) is 8.37. The van der Waals surface area contributed by atoms with Gasteiger partial charge in [-0.3, -0.25) is 9.89 Å². The first kappa shape index (κ1) is 16.4. The first-order valence-corrected chi connectivity index (χ1v) is 8.37. The number of hydrogen-bond donors (Lipinski definition) is 1. The van der Waals surface area contributed by atoms with E-state index in [1.54, 1.807) is 4.90 Å². The molecule has 26 heavy (non-hydrogen) atoms. The lowest BCUT2D eigenvalue weighted by atomic mass is 10.0. The first-order chi connectivity index (χ1) is 12.6. The van der Waals surface area contributed by atoms with Crippen molar-refractivity contribution in [3.05, 3.63) is 59.5 Å². The molecular weight excluding hydrogens is 340 g/mol. The monoisotopic (exact) mass is 357 g/mol. The average molecular weight is 357 g/mol. The number of rotatable bonds is 3. The van der Waals surface area contributed by atoms with Crippen LogP contribution in [0.5, 0.6) is 0 Å². The normalized spacial score (nSPS) is 14.3. The number of nitrogens with one attached hydrogen (secondary N) is 1. The number of H-pyrrole nitrogens is 1. The zero-order valence-corrected chi connectivity index (χ0v) is 13.9. The van der Waals surface area contributed by atoms with Gasteiger partial charge in [-0.15, -0.1) is 0 Å². The number of aromatic nitrogens is 4. The fraction of sp³-hybridized carbons (Fsp3) is 0.278. The van der Waals surface area contributed by atoms with Gasteiger partial charge in [0.25, 0.3) is 5.91 Å². The average Bonchev–Trinajstić information content (AvgIpc) is 3.25. The van der Waals surface area contributed by atoms with E-state index in [1.165, 1.54) is 6.07 Å². The summed E-state index contributed by atoms with van der Waals surface area (Å²) in [5.74, 6) is -0.330. The number of carbonyl (C=O) groups is 1. The molecule has 8 heteroatoms. The molecule has 134 valence electrons. The molecule has 0 bridgehead atoms. The van der Waals surface area contributed by atoms with Crippen molar-refractivity contribution in [1.29, 1.82) is 0 Å². The summed E-state index contributed by atoms with van der Waals surface area (Å²) >= 11 is 0. The molecule has 0 atom stereocenters. The van der Waals surface area contributed by atoms with Crippen LogP contribution in [0.15, 0.2) is 42.6 Å². The zero-order chi connectivity index (χ0) is 18.1. The van der Waals surface area contributed by atoms with E-state index < -0.39 is 6.55 Å². The van der Waals surface area contributed by atoms with Gasteiger partial charge >= 0.3 is 6.55 Å². The Morgan fingerprint density at radius 1 is 1.12 bits per heavy atom. The fourth-order valence-electron chi connectivity index (χ4n) is 3.24. The number of fused-ring (bicyclic) bond motifs is 1. The molecule has 1 amide bonds. The van der Waals surface area contributed by atoms with Crippen molar-refractivity contribution >= 4 is 5.91 Å². The van der Waals surface area contributed by atoms with Gasteiger partial charge in [0.1, 0.15) is 0 Å². The molecule has 6 nitrogen and oxygen atoms in total. The Labute approximate surface area is 148 Å². The maximum atomic E-state index is 12.7. The van der Waals surface area contributed by atoms with Crippen LogP contribution in [0.2, 0.25) is 0 Å². The highest BCUT2D eigenvalue weighted by molar-refractivity contribution is 5.92. The molecule has 1 aliphatic rings. The van der Waals surface area contributed by atoms with E-state index in [0.717, 1.165) is 28.7 Å². The lowest BCUT2D eigenvalue weighted by Crippen LogP contribution is -2.33. The van der Waals surface area contributed by atoms with Gasteiger partial charge in [-0.2, -0.15) is 19.0 Å². The minimum Gasteiger partial charge on any atom is -0.337 e. The van der Waals surface area contributed by atoms with Crippen molar-refractivity contribution in [1.82, 2.24) is 24.9 Å². The number of aromatic amines is 1. The van der Waals surface area contributed by atoms with E-state index in [0.29, 0.717) is 30.6 Å². The van der Waals surface area contributed by atoms with Gasteiger partial charge in [-0.25, -0.2) is 4.68 Å². The van der Waals surface area contributed by atoms with Crippen molar-refractivity contribution in [3.8, 4) is 11.3 Å². The van der Waals surface area contributed by atoms with Crippen LogP contribution in [-0.4, -0.2) is 43.9 Å². The van der Waals surface area contributed by atoms with Crippen LogP contribution in [-0.2, 0) is 12.8 Å². The second-order valence-corrected chi connectivity index (χ2v) is 6.15. The Morgan fingerprint density at radius 2 is 1.88 bits per heavy atom. The van der Waals surface area contributed by atoms with Crippen LogP contribution >= 0.6 is 0 Å². The van der Waals surface area contributed by atoms with Crippen LogP contribution in [0.25, 0.3) is 11.3 Å². The van der Waals surface area contributed by atoms with Gasteiger partial charge < -0.3 is 4.90 Å². The van der Waals surface area contributed by atoms with Crippen molar-refractivity contribution in [2.24, 2.45) is 0 Å². The second kappa shape index (κ2) is 6.70. The van der Waals surface area contributed by atoms with Gasteiger partial charge in [0.2, 0.25) is 0 Å². The summed E-state index contributed by atoms with van der Waals surface area (Å²) in [6, 6.07) is 11.2. The molecule has 3 aromatic rings. The van der Waals surface area contributed by atoms with E-state index in [2.05, 4.69) is 15.3 Å². The van der Waals surface area contributed by atoms with Gasteiger partial charge in [-0.1, -0.05) is 30.3 Å². The second-order valence-electron chi connectivity index (χ2n) is 6.15. The Kier molecular flexibility index (Phi) is 4.24. The summed E-state index contributed by atoms with van der Waals surface area (Å²) in [5.41, 5.74) is 4.08. The van der Waals surface area contributed by atoms with Crippen LogP contribution in [0.3, 0.4) is 0 Å². The highest BCUT2D eigenvalue weighted by Gasteiger charge is 2.25. The van der Waals surface area contributed by atoms with E-state index in [-0.39, 0.29) is 11.6 Å². The van der Waals surface area contributed by atoms with Crippen LogP contribution in [0, 0.1) is 0 Å². The Balaban J connectivity index is 1.53. The smallest absolute Gasteiger partial charge is 0.333 e. The molecule has 1 N–H and O–H groups in total. The Bertz CT molecular complexity index is 919. The van der Waals surface area contributed by atoms with Crippen molar-refractivity contribution < 1.29 is 13.6 Å². The largest absolute Gasteiger partial charge is 0.337 e. The molecule has 2 aromatic heterocycles. The molecule has 0 saturated carbocycles. The predicted octanol–water partition coefficient (Wildman–Crippen LogP) is 2.91. The number of amides is 1. The van der Waals surface area contributed by atoms with E-state index in [4.69, 9.17) is 0 Å². The van der Waals surface area contributed by atoms with Crippen LogP contribution in [0.1, 0.15) is 28.3 Å². The number of halogens is 2. The molecule has 0 aliphatic carbocycles. The molecule has 0 saturated heterocycles. The number of nitrogens with zero attached hydrogens (tertiary/aromatic N) is 4. The predicted molar refractivity (Wildman–Crippen MR) is 90.8 cm³/mol. The minimum atomic E-state index is -2.75. The third-order valence-corrected chi connectivity index (χ3v) is 4.58. The zero-order valence-electron chi connectivity index (χ0n) is 13.9. The summed E-state index contributed by atoms with van der Waals surface area (Å²) in [5, 5.41) is 11.2. The van der Waals surface area contributed by atoms with Crippen molar-refractivity contribution in [3.63, 3.8) is 0 Å². The molecule has 1 aliphatic heterocycles. The highest BCUT2D eigenvalue weighted by atomic mass is 19.3. The molecule has 0 radical (unpaired) electrons. The van der Waals surface area contributed by atoms with Crippen LogP contribution < -0.4 is 0 Å². The third kappa shape index (κ3) is 2.98. The standard InChI is InChI=1S/C18H17F2N5O/c19-18(20)25-11-8-15(23-25)17(26)24-9-6-13-14(7-10-24)21-22-16(13)12-4-2-1-3-5-12/h1-5,8,11,18H,6-7,9-10H2,(H,21,22). The quantitative estimate of drug-likeness (QED) is 0.784. The topological polar surface area (TPSA) is 66.8 Å². The molecule has 0 fully saturated rings. The maximum absolute atomic E-state index is 12.7. The third-order valence-electron chi connectivity index (χ3n) is 4.58. The van der Waals surface area contributed by atoms with Gasteiger partial charge in [0, 0.05) is 42.5 Å². The molecule has 0 unspecified atom stereocenters. The molecule has 0 spiro atoms. The summed E-state index contributed by atoms with van der Waals surface area (Å²) in [6.07, 6.45) is 2.41. The summed E-state index contributed by atoms with van der Waals surface area (Å²) in [4.78, 5) is 14.2. The van der Waals surface area contributed by atoms with Gasteiger partial charge in [-0.05, 0) is 12.5 Å². The minimum absolute atomic E-state index is 0.0391. The van der Waals surface area contributed by atoms with E-state index in [9.17, 15) is 13.6 Å². The fourth-order valence-corrected chi connectivity index (χ4v) is 3.24. The molecule has 4 rings (SSSR count). The highest BCUT2D eigenvalue weighted by Crippen LogP contribution is 2.26. The number of alkyl halides is 2. The number of carbonyl (C=O) groups excluding carboxylic acids is 1. The molecule has 1 aromatic carbocycles. The van der Waals surface area contributed by atoms with Crippen LogP contribution in [0.4, 0.5) is 8.78 Å². The van der Waals surface area contributed by atoms with Crippen molar-refractivity contribution in [2.75, 3.05) is 13.1 Å². The summed E-state index contributed by atoms with van der Waals surface area (Å²) < 4.78 is 25.8. The number of hydrogen-bond acceptors (Lipinski definition) is 3. The lowest BCUT2D eigenvalue weighted by molar-refractivity contribution is 0.0552. The Hall–Kier alpha value is -3.03. The summed E-state index contributed by atoms with van der Waals surface area (Å²) in [6.45, 7) is -1.77. The molecule has 3 heterocycles. The SMILES string of the molecule is O=C(c1ccn(C(F)F)n1)N1CCc2[nH]nc(-c3ccccc3)c2CC1. The van der Waals surface area contributed by atoms with E-state index in [1.807, 2.05) is 30.3 Å².